The Labute approximate surface area is 42.6 Å². The van der Waals surface area contributed by atoms with E-state index in [4.69, 9.17) is 5.26 Å². The Morgan fingerprint density at radius 3 is 2.57 bits per heavy atom. The van der Waals surface area contributed by atoms with Crippen LogP contribution < -0.4 is 5.43 Å². The lowest BCUT2D eigenvalue weighted by molar-refractivity contribution is 0.901. The molecule has 38 valence electrons. The predicted molar refractivity (Wildman–Crippen MR) is 27.8 cm³/mol. The van der Waals surface area contributed by atoms with Gasteiger partial charge in [0.1, 0.15) is 11.8 Å². The van der Waals surface area contributed by atoms with Gasteiger partial charge in [-0.2, -0.15) is 10.4 Å². The zero-order valence-corrected chi connectivity index (χ0v) is 4.39. The van der Waals surface area contributed by atoms with Crippen molar-refractivity contribution in [2.24, 2.45) is 5.10 Å². The van der Waals surface area contributed by atoms with Crippen molar-refractivity contribution in [2.75, 3.05) is 7.05 Å². The number of nitriles is 1. The second-order valence-electron chi connectivity index (χ2n) is 1.03. The molecule has 0 fully saturated rings. The standard InChI is InChI=1S/C4H7N3/c1-4(3-5)7-6-2/h6H,1-2H3/b7-4-. The maximum atomic E-state index is 8.05. The van der Waals surface area contributed by atoms with Crippen LogP contribution in [0.1, 0.15) is 6.92 Å². The van der Waals surface area contributed by atoms with Gasteiger partial charge in [-0.25, -0.2) is 0 Å². The summed E-state index contributed by atoms with van der Waals surface area (Å²) in [5, 5.41) is 11.6. The minimum absolute atomic E-state index is 0.447. The summed E-state index contributed by atoms with van der Waals surface area (Å²) in [6.07, 6.45) is 0. The topological polar surface area (TPSA) is 48.2 Å². The maximum Gasteiger partial charge on any atom is 0.134 e. The molecule has 0 aromatic carbocycles. The number of nitrogens with one attached hydrogen (secondary N) is 1. The monoisotopic (exact) mass is 97.1 g/mol. The normalized spacial score (nSPS) is 10.1. The summed E-state index contributed by atoms with van der Waals surface area (Å²) in [7, 11) is 1.65. The van der Waals surface area contributed by atoms with Crippen molar-refractivity contribution in [3.63, 3.8) is 0 Å². The molecule has 0 amide bonds. The molecule has 0 saturated heterocycles. The van der Waals surface area contributed by atoms with Crippen molar-refractivity contribution >= 4 is 5.71 Å². The van der Waals surface area contributed by atoms with Gasteiger partial charge < -0.3 is 5.43 Å². The van der Waals surface area contributed by atoms with Crippen LogP contribution in [0.25, 0.3) is 0 Å². The van der Waals surface area contributed by atoms with E-state index in [2.05, 4.69) is 10.5 Å². The van der Waals surface area contributed by atoms with Gasteiger partial charge in [0.2, 0.25) is 0 Å². The molecular weight excluding hydrogens is 90.1 g/mol. The van der Waals surface area contributed by atoms with E-state index in [-0.39, 0.29) is 0 Å². The van der Waals surface area contributed by atoms with E-state index in [0.29, 0.717) is 5.71 Å². The second-order valence-corrected chi connectivity index (χ2v) is 1.03. The molecule has 0 atom stereocenters. The molecule has 0 aliphatic carbocycles. The number of hydrogen-bond donors (Lipinski definition) is 1. The van der Waals surface area contributed by atoms with E-state index < -0.39 is 0 Å². The van der Waals surface area contributed by atoms with Crippen LogP contribution in [-0.4, -0.2) is 12.8 Å². The van der Waals surface area contributed by atoms with Gasteiger partial charge in [-0.05, 0) is 6.92 Å². The Morgan fingerprint density at radius 1 is 1.86 bits per heavy atom. The molecule has 0 aliphatic heterocycles. The van der Waals surface area contributed by atoms with Crippen LogP contribution in [0.4, 0.5) is 0 Å². The number of hydrazone groups is 1. The van der Waals surface area contributed by atoms with E-state index in [1.54, 1.807) is 14.0 Å². The van der Waals surface area contributed by atoms with Crippen molar-refractivity contribution in [2.45, 2.75) is 6.92 Å². The van der Waals surface area contributed by atoms with Crippen molar-refractivity contribution in [3.8, 4) is 6.07 Å². The molecule has 3 heteroatoms. The number of hydrogen-bond acceptors (Lipinski definition) is 3. The van der Waals surface area contributed by atoms with E-state index in [1.165, 1.54) is 0 Å². The molecule has 0 aromatic heterocycles. The van der Waals surface area contributed by atoms with Gasteiger partial charge in [-0.15, -0.1) is 0 Å². The minimum Gasteiger partial charge on any atom is -0.312 e. The fourth-order valence-corrected chi connectivity index (χ4v) is 0.193. The molecule has 0 radical (unpaired) electrons. The third-order valence-corrected chi connectivity index (χ3v) is 0.441. The average molecular weight is 97.1 g/mol. The van der Waals surface area contributed by atoms with Gasteiger partial charge in [-0.3, -0.25) is 0 Å². The fraction of sp³-hybridized carbons (Fsp3) is 0.500. The van der Waals surface area contributed by atoms with Crippen LogP contribution in [0.5, 0.6) is 0 Å². The SMILES string of the molecule is CN/N=C(/C)C#N. The lowest BCUT2D eigenvalue weighted by Gasteiger charge is -1.82. The first-order valence-corrected chi connectivity index (χ1v) is 1.92. The Balaban J connectivity index is 3.57. The largest absolute Gasteiger partial charge is 0.312 e. The Morgan fingerprint density at radius 2 is 2.43 bits per heavy atom. The third-order valence-electron chi connectivity index (χ3n) is 0.441. The van der Waals surface area contributed by atoms with E-state index in [9.17, 15) is 0 Å². The molecule has 0 rings (SSSR count). The van der Waals surface area contributed by atoms with Crippen LogP contribution >= 0.6 is 0 Å². The fourth-order valence-electron chi connectivity index (χ4n) is 0.193. The lowest BCUT2D eigenvalue weighted by Crippen LogP contribution is -1.98. The Kier molecular flexibility index (Phi) is 2.69. The highest BCUT2D eigenvalue weighted by Gasteiger charge is 1.77. The molecule has 1 N–H and O–H groups in total. The maximum absolute atomic E-state index is 8.05. The summed E-state index contributed by atoms with van der Waals surface area (Å²) in [5.74, 6) is 0. The van der Waals surface area contributed by atoms with Gasteiger partial charge >= 0.3 is 0 Å². The summed E-state index contributed by atoms with van der Waals surface area (Å²) >= 11 is 0. The number of nitrogens with zero attached hydrogens (tertiary/aromatic N) is 2. The predicted octanol–water partition coefficient (Wildman–Crippen LogP) is 0.105. The van der Waals surface area contributed by atoms with Gasteiger partial charge in [-0.1, -0.05) is 0 Å². The smallest absolute Gasteiger partial charge is 0.134 e. The molecule has 0 aliphatic rings. The quantitative estimate of drug-likeness (QED) is 0.373. The minimum atomic E-state index is 0.447. The molecule has 0 spiro atoms. The first kappa shape index (κ1) is 5.96. The molecular formula is C4H7N3. The van der Waals surface area contributed by atoms with Crippen LogP contribution in [0.15, 0.2) is 5.10 Å². The highest BCUT2D eigenvalue weighted by atomic mass is 15.3. The Bertz CT molecular complexity index is 109. The van der Waals surface area contributed by atoms with E-state index in [1.807, 2.05) is 6.07 Å². The molecule has 0 aromatic rings. The molecule has 0 heterocycles. The molecule has 0 bridgehead atoms. The van der Waals surface area contributed by atoms with E-state index in [0.717, 1.165) is 0 Å². The summed E-state index contributed by atoms with van der Waals surface area (Å²) in [6, 6.07) is 1.85. The van der Waals surface area contributed by atoms with Crippen molar-refractivity contribution in [3.05, 3.63) is 0 Å². The third kappa shape index (κ3) is 2.77. The molecule has 3 nitrogen and oxygen atoms in total. The van der Waals surface area contributed by atoms with Gasteiger partial charge in [0.05, 0.1) is 0 Å². The first-order valence-electron chi connectivity index (χ1n) is 1.92. The van der Waals surface area contributed by atoms with Gasteiger partial charge in [0.25, 0.3) is 0 Å². The molecule has 0 saturated carbocycles. The van der Waals surface area contributed by atoms with Crippen molar-refractivity contribution in [1.82, 2.24) is 5.43 Å². The first-order chi connectivity index (χ1) is 3.31. The zero-order valence-electron chi connectivity index (χ0n) is 4.39. The zero-order chi connectivity index (χ0) is 5.70. The number of rotatable bonds is 1. The van der Waals surface area contributed by atoms with Crippen LogP contribution in [0.3, 0.4) is 0 Å². The second kappa shape index (κ2) is 3.16. The van der Waals surface area contributed by atoms with Crippen molar-refractivity contribution < 1.29 is 0 Å². The van der Waals surface area contributed by atoms with Crippen LogP contribution in [-0.2, 0) is 0 Å². The lowest BCUT2D eigenvalue weighted by atomic mass is 10.5. The van der Waals surface area contributed by atoms with Crippen LogP contribution in [0, 0.1) is 11.3 Å². The molecule has 7 heavy (non-hydrogen) atoms. The van der Waals surface area contributed by atoms with Crippen LogP contribution in [0.2, 0.25) is 0 Å². The highest BCUT2D eigenvalue weighted by molar-refractivity contribution is 5.96. The summed E-state index contributed by atoms with van der Waals surface area (Å²) in [4.78, 5) is 0. The van der Waals surface area contributed by atoms with E-state index >= 15 is 0 Å². The summed E-state index contributed by atoms with van der Waals surface area (Å²) in [6.45, 7) is 1.64. The molecule has 0 unspecified atom stereocenters. The average Bonchev–Trinajstić information content (AvgIpc) is 1.68. The van der Waals surface area contributed by atoms with Crippen molar-refractivity contribution in [1.29, 1.82) is 5.26 Å². The summed E-state index contributed by atoms with van der Waals surface area (Å²) in [5.41, 5.74) is 2.93. The Hall–Kier alpha value is -1.04. The van der Waals surface area contributed by atoms with Gasteiger partial charge in [0, 0.05) is 7.05 Å². The highest BCUT2D eigenvalue weighted by Crippen LogP contribution is 1.64. The van der Waals surface area contributed by atoms with Gasteiger partial charge in [0.15, 0.2) is 0 Å². The summed E-state index contributed by atoms with van der Waals surface area (Å²) < 4.78 is 0.